The summed E-state index contributed by atoms with van der Waals surface area (Å²) in [6.45, 7) is 2.66. The quantitative estimate of drug-likeness (QED) is 0.828. The summed E-state index contributed by atoms with van der Waals surface area (Å²) in [5.41, 5.74) is 0.232. The van der Waals surface area contributed by atoms with E-state index in [1.165, 1.54) is 0 Å². The molecule has 0 bridgehead atoms. The van der Waals surface area contributed by atoms with Crippen LogP contribution in [-0.4, -0.2) is 25.4 Å². The topological polar surface area (TPSA) is 38.7 Å². The van der Waals surface area contributed by atoms with Crippen LogP contribution in [0.2, 0.25) is 5.02 Å². The Balaban J connectivity index is 2.35. The van der Waals surface area contributed by atoms with Crippen LogP contribution in [0, 0.1) is 0 Å². The third-order valence-corrected chi connectivity index (χ3v) is 3.58. The van der Waals surface area contributed by atoms with Crippen LogP contribution in [0.15, 0.2) is 48.5 Å². The van der Waals surface area contributed by atoms with Crippen molar-refractivity contribution in [2.45, 2.75) is 12.5 Å². The molecule has 0 saturated carbocycles. The summed E-state index contributed by atoms with van der Waals surface area (Å²) < 4.78 is 10.7. The molecule has 0 radical (unpaired) electrons. The number of benzene rings is 2. The molecule has 3 nitrogen and oxygen atoms in total. The smallest absolute Gasteiger partial charge is 0.125 e. The molecule has 0 spiro atoms. The van der Waals surface area contributed by atoms with E-state index in [1.54, 1.807) is 26.2 Å². The predicted octanol–water partition coefficient (Wildman–Crippen LogP) is 3.62. The fourth-order valence-electron chi connectivity index (χ4n) is 2.18. The van der Waals surface area contributed by atoms with Gasteiger partial charge in [-0.15, -0.1) is 0 Å². The number of hydrogen-bond donors (Lipinski definition) is 1. The molecule has 112 valence electrons. The number of rotatable bonds is 6. The number of para-hydroxylation sites is 1. The van der Waals surface area contributed by atoms with Gasteiger partial charge in [0.05, 0.1) is 6.61 Å². The third-order valence-electron chi connectivity index (χ3n) is 3.34. The van der Waals surface area contributed by atoms with Gasteiger partial charge in [0.2, 0.25) is 0 Å². The van der Waals surface area contributed by atoms with Gasteiger partial charge in [-0.1, -0.05) is 41.9 Å². The van der Waals surface area contributed by atoms with Crippen LogP contribution >= 0.6 is 11.6 Å². The summed E-state index contributed by atoms with van der Waals surface area (Å²) in [6.07, 6.45) is 0. The second kappa shape index (κ2) is 6.94. The Morgan fingerprint density at radius 3 is 2.57 bits per heavy atom. The lowest BCUT2D eigenvalue weighted by Gasteiger charge is -2.27. The maximum atomic E-state index is 10.9. The lowest BCUT2D eigenvalue weighted by atomic mass is 9.87. The molecule has 0 aromatic heterocycles. The van der Waals surface area contributed by atoms with Crippen LogP contribution in [0.25, 0.3) is 0 Å². The number of halogens is 1. The average molecular weight is 307 g/mol. The average Bonchev–Trinajstić information content (AvgIpc) is 2.48. The zero-order valence-corrected chi connectivity index (χ0v) is 12.9. The van der Waals surface area contributed by atoms with Gasteiger partial charge in [0, 0.05) is 17.7 Å². The molecule has 2 aromatic carbocycles. The van der Waals surface area contributed by atoms with Crippen LogP contribution in [0.3, 0.4) is 0 Å². The predicted molar refractivity (Wildman–Crippen MR) is 83.9 cm³/mol. The van der Waals surface area contributed by atoms with Gasteiger partial charge in [0.25, 0.3) is 0 Å². The number of aliphatic hydroxyl groups is 1. The Morgan fingerprint density at radius 2 is 1.86 bits per heavy atom. The van der Waals surface area contributed by atoms with Crippen LogP contribution in [0.4, 0.5) is 0 Å². The van der Waals surface area contributed by atoms with Crippen LogP contribution in [0.5, 0.6) is 5.75 Å². The zero-order valence-electron chi connectivity index (χ0n) is 12.2. The van der Waals surface area contributed by atoms with E-state index in [-0.39, 0.29) is 0 Å². The molecule has 4 heteroatoms. The molecule has 0 amide bonds. The van der Waals surface area contributed by atoms with Crippen molar-refractivity contribution in [3.05, 3.63) is 64.7 Å². The molecule has 0 aliphatic rings. The third kappa shape index (κ3) is 3.76. The van der Waals surface area contributed by atoms with Crippen molar-refractivity contribution in [3.63, 3.8) is 0 Å². The molecular weight excluding hydrogens is 288 g/mol. The minimum absolute atomic E-state index is 0.430. The van der Waals surface area contributed by atoms with Crippen LogP contribution < -0.4 is 4.74 Å². The van der Waals surface area contributed by atoms with Gasteiger partial charge in [-0.05, 0) is 30.7 Å². The summed E-state index contributed by atoms with van der Waals surface area (Å²) in [5, 5.41) is 11.5. The molecule has 0 heterocycles. The second-order valence-electron chi connectivity index (χ2n) is 4.92. The van der Waals surface area contributed by atoms with Crippen molar-refractivity contribution in [3.8, 4) is 5.75 Å². The molecule has 0 saturated heterocycles. The fraction of sp³-hybridized carbons (Fsp3) is 0.294. The number of ether oxygens (including phenoxy) is 2. The van der Waals surface area contributed by atoms with Crippen LogP contribution in [-0.2, 0) is 10.3 Å². The number of hydrogen-bond acceptors (Lipinski definition) is 3. The first-order chi connectivity index (χ1) is 10.1. The van der Waals surface area contributed by atoms with Gasteiger partial charge in [0.15, 0.2) is 0 Å². The first-order valence-electron chi connectivity index (χ1n) is 6.75. The van der Waals surface area contributed by atoms with Crippen molar-refractivity contribution in [1.29, 1.82) is 0 Å². The molecule has 0 aliphatic heterocycles. The lowest BCUT2D eigenvalue weighted by Crippen LogP contribution is -2.24. The Kier molecular flexibility index (Phi) is 5.23. The summed E-state index contributed by atoms with van der Waals surface area (Å²) in [6, 6.07) is 14.6. The van der Waals surface area contributed by atoms with E-state index < -0.39 is 5.60 Å². The van der Waals surface area contributed by atoms with Crippen molar-refractivity contribution in [1.82, 2.24) is 0 Å². The van der Waals surface area contributed by atoms with E-state index in [0.717, 1.165) is 5.56 Å². The minimum Gasteiger partial charge on any atom is -0.491 e. The molecule has 2 rings (SSSR count). The van der Waals surface area contributed by atoms with Crippen molar-refractivity contribution in [2.75, 3.05) is 20.3 Å². The summed E-state index contributed by atoms with van der Waals surface area (Å²) in [4.78, 5) is 0. The molecule has 0 aliphatic carbocycles. The van der Waals surface area contributed by atoms with E-state index in [0.29, 0.717) is 29.5 Å². The van der Waals surface area contributed by atoms with Gasteiger partial charge in [-0.25, -0.2) is 0 Å². The highest BCUT2D eigenvalue weighted by Gasteiger charge is 2.29. The normalized spacial score (nSPS) is 13.7. The molecule has 21 heavy (non-hydrogen) atoms. The van der Waals surface area contributed by atoms with Gasteiger partial charge < -0.3 is 14.6 Å². The molecular formula is C17H19ClO3. The maximum absolute atomic E-state index is 10.9. The Bertz CT molecular complexity index is 596. The monoisotopic (exact) mass is 306 g/mol. The van der Waals surface area contributed by atoms with Crippen molar-refractivity contribution >= 4 is 11.6 Å². The minimum atomic E-state index is -1.19. The van der Waals surface area contributed by atoms with E-state index in [1.807, 2.05) is 36.4 Å². The number of methoxy groups -OCH3 is 1. The van der Waals surface area contributed by atoms with Gasteiger partial charge in [0.1, 0.15) is 18.0 Å². The lowest BCUT2D eigenvalue weighted by molar-refractivity contribution is 0.0943. The Morgan fingerprint density at radius 1 is 1.10 bits per heavy atom. The highest BCUT2D eigenvalue weighted by molar-refractivity contribution is 6.30. The molecule has 1 unspecified atom stereocenters. The zero-order chi connectivity index (χ0) is 15.3. The van der Waals surface area contributed by atoms with Crippen LogP contribution in [0.1, 0.15) is 18.1 Å². The largest absolute Gasteiger partial charge is 0.491 e. The van der Waals surface area contributed by atoms with Gasteiger partial charge in [-0.3, -0.25) is 0 Å². The molecule has 1 N–H and O–H groups in total. The van der Waals surface area contributed by atoms with Crippen molar-refractivity contribution in [2.24, 2.45) is 0 Å². The first kappa shape index (κ1) is 15.8. The maximum Gasteiger partial charge on any atom is 0.125 e. The summed E-state index contributed by atoms with van der Waals surface area (Å²) in [7, 11) is 1.62. The van der Waals surface area contributed by atoms with E-state index in [9.17, 15) is 5.11 Å². The Hall–Kier alpha value is -1.55. The highest BCUT2D eigenvalue weighted by atomic mass is 35.5. The Labute approximate surface area is 130 Å². The van der Waals surface area contributed by atoms with Crippen molar-refractivity contribution < 1.29 is 14.6 Å². The molecule has 2 aromatic rings. The highest BCUT2D eigenvalue weighted by Crippen LogP contribution is 2.36. The van der Waals surface area contributed by atoms with Gasteiger partial charge >= 0.3 is 0 Å². The molecule has 0 fully saturated rings. The SMILES string of the molecule is COCCOc1ccccc1C(C)(O)c1cccc(Cl)c1. The second-order valence-corrected chi connectivity index (χ2v) is 5.36. The van der Waals surface area contributed by atoms with E-state index in [4.69, 9.17) is 21.1 Å². The standard InChI is InChI=1S/C17H19ClO3/c1-17(19,13-6-5-7-14(18)12-13)15-8-3-4-9-16(15)21-11-10-20-2/h3-9,12,19H,10-11H2,1-2H3. The van der Waals surface area contributed by atoms with E-state index in [2.05, 4.69) is 0 Å². The van der Waals surface area contributed by atoms with Gasteiger partial charge in [-0.2, -0.15) is 0 Å². The van der Waals surface area contributed by atoms with E-state index >= 15 is 0 Å². The summed E-state index contributed by atoms with van der Waals surface area (Å²) in [5.74, 6) is 0.638. The fourth-order valence-corrected chi connectivity index (χ4v) is 2.37. The first-order valence-corrected chi connectivity index (χ1v) is 7.13. The summed E-state index contributed by atoms with van der Waals surface area (Å²) >= 11 is 6.02. The molecule has 1 atom stereocenters.